The van der Waals surface area contributed by atoms with Crippen LogP contribution in [-0.4, -0.2) is 25.9 Å². The summed E-state index contributed by atoms with van der Waals surface area (Å²) in [5.74, 6) is 0.997. The molecule has 0 unspecified atom stereocenters. The summed E-state index contributed by atoms with van der Waals surface area (Å²) in [6, 6.07) is 0.679. The van der Waals surface area contributed by atoms with Crippen molar-refractivity contribution in [2.75, 3.05) is 11.9 Å². The Kier molecular flexibility index (Phi) is 2.59. The fourth-order valence-electron chi connectivity index (χ4n) is 2.02. The van der Waals surface area contributed by atoms with Gasteiger partial charge in [0.1, 0.15) is 0 Å². The molecule has 5 nitrogen and oxygen atoms in total. The van der Waals surface area contributed by atoms with Gasteiger partial charge < -0.3 is 9.88 Å². The number of hydrogen-bond donors (Lipinski definition) is 1. The highest BCUT2D eigenvalue weighted by Gasteiger charge is 2.25. The Labute approximate surface area is 100 Å². The molecule has 1 aliphatic rings. The maximum absolute atomic E-state index is 4.34. The summed E-state index contributed by atoms with van der Waals surface area (Å²) in [6.45, 7) is 0.898. The summed E-state index contributed by atoms with van der Waals surface area (Å²) in [6.07, 6.45) is 11.4. The number of nitrogens with one attached hydrogen (secondary N) is 1. The Bertz CT molecular complexity index is 494. The Balaban J connectivity index is 1.55. The van der Waals surface area contributed by atoms with Crippen LogP contribution >= 0.6 is 0 Å². The number of aromatic nitrogens is 4. The first kappa shape index (κ1) is 10.4. The van der Waals surface area contributed by atoms with Crippen molar-refractivity contribution in [3.05, 3.63) is 30.4 Å². The van der Waals surface area contributed by atoms with Gasteiger partial charge in [-0.05, 0) is 24.8 Å². The van der Waals surface area contributed by atoms with Crippen LogP contribution in [0.25, 0.3) is 0 Å². The number of anilines is 1. The number of aryl methyl sites for hydroxylation is 1. The molecule has 0 amide bonds. The van der Waals surface area contributed by atoms with E-state index in [2.05, 4.69) is 32.4 Å². The number of rotatable bonds is 5. The molecule has 1 N–H and O–H groups in total. The first-order valence-electron chi connectivity index (χ1n) is 6.07. The van der Waals surface area contributed by atoms with Crippen LogP contribution in [0.4, 0.5) is 5.95 Å². The van der Waals surface area contributed by atoms with Crippen molar-refractivity contribution in [2.45, 2.75) is 25.3 Å². The quantitative estimate of drug-likeness (QED) is 0.850. The lowest BCUT2D eigenvalue weighted by molar-refractivity contribution is 0.742. The third kappa shape index (κ3) is 2.33. The summed E-state index contributed by atoms with van der Waals surface area (Å²) < 4.78 is 4.07. The zero-order chi connectivity index (χ0) is 11.7. The maximum atomic E-state index is 4.34. The van der Waals surface area contributed by atoms with Crippen LogP contribution in [0.2, 0.25) is 0 Å². The third-order valence-electron chi connectivity index (χ3n) is 3.06. The minimum absolute atomic E-state index is 0.679. The predicted octanol–water partition coefficient (Wildman–Crippen LogP) is 1.61. The van der Waals surface area contributed by atoms with Gasteiger partial charge in [-0.3, -0.25) is 4.68 Å². The van der Waals surface area contributed by atoms with Gasteiger partial charge >= 0.3 is 0 Å². The largest absolute Gasteiger partial charge is 0.355 e. The van der Waals surface area contributed by atoms with E-state index in [0.717, 1.165) is 18.9 Å². The molecule has 0 aromatic carbocycles. The van der Waals surface area contributed by atoms with Gasteiger partial charge in [0.05, 0.1) is 6.20 Å². The van der Waals surface area contributed by atoms with E-state index in [-0.39, 0.29) is 0 Å². The minimum Gasteiger partial charge on any atom is -0.355 e. The molecule has 3 rings (SSSR count). The normalized spacial score (nSPS) is 15.1. The van der Waals surface area contributed by atoms with E-state index in [0.29, 0.717) is 6.04 Å². The van der Waals surface area contributed by atoms with Crippen molar-refractivity contribution in [1.29, 1.82) is 0 Å². The molecule has 2 heterocycles. The SMILES string of the molecule is Cn1cc(CCNc2nccn2C2CC2)cn1. The average molecular weight is 231 g/mol. The topological polar surface area (TPSA) is 47.7 Å². The number of imidazole rings is 1. The van der Waals surface area contributed by atoms with Crippen LogP contribution < -0.4 is 5.32 Å². The minimum atomic E-state index is 0.679. The van der Waals surface area contributed by atoms with E-state index in [1.54, 1.807) is 0 Å². The summed E-state index contributed by atoms with van der Waals surface area (Å²) in [5.41, 5.74) is 1.25. The monoisotopic (exact) mass is 231 g/mol. The Morgan fingerprint density at radius 1 is 1.47 bits per heavy atom. The molecule has 5 heteroatoms. The van der Waals surface area contributed by atoms with Crippen LogP contribution in [0.5, 0.6) is 0 Å². The van der Waals surface area contributed by atoms with Crippen molar-refractivity contribution in [1.82, 2.24) is 19.3 Å². The van der Waals surface area contributed by atoms with E-state index >= 15 is 0 Å². The summed E-state index contributed by atoms with van der Waals surface area (Å²) >= 11 is 0. The smallest absolute Gasteiger partial charge is 0.203 e. The fraction of sp³-hybridized carbons (Fsp3) is 0.500. The van der Waals surface area contributed by atoms with Gasteiger partial charge in [-0.15, -0.1) is 0 Å². The lowest BCUT2D eigenvalue weighted by Gasteiger charge is -2.07. The van der Waals surface area contributed by atoms with Crippen molar-refractivity contribution in [3.63, 3.8) is 0 Å². The van der Waals surface area contributed by atoms with Crippen LogP contribution in [-0.2, 0) is 13.5 Å². The molecule has 1 fully saturated rings. The zero-order valence-corrected chi connectivity index (χ0v) is 10.0. The molecule has 0 bridgehead atoms. The van der Waals surface area contributed by atoms with Crippen molar-refractivity contribution in [2.24, 2.45) is 7.05 Å². The first-order valence-corrected chi connectivity index (χ1v) is 6.07. The zero-order valence-electron chi connectivity index (χ0n) is 10.0. The Morgan fingerprint density at radius 3 is 3.06 bits per heavy atom. The second-order valence-electron chi connectivity index (χ2n) is 4.59. The molecule has 0 spiro atoms. The summed E-state index contributed by atoms with van der Waals surface area (Å²) in [5, 5.41) is 7.54. The van der Waals surface area contributed by atoms with E-state index in [1.165, 1.54) is 18.4 Å². The molecule has 1 saturated carbocycles. The molecule has 0 radical (unpaired) electrons. The van der Waals surface area contributed by atoms with E-state index < -0.39 is 0 Å². The molecule has 0 atom stereocenters. The van der Waals surface area contributed by atoms with E-state index in [4.69, 9.17) is 0 Å². The molecule has 90 valence electrons. The second-order valence-corrected chi connectivity index (χ2v) is 4.59. The highest BCUT2D eigenvalue weighted by Crippen LogP contribution is 2.36. The molecule has 17 heavy (non-hydrogen) atoms. The average Bonchev–Trinajstić information content (AvgIpc) is 2.92. The number of nitrogens with zero attached hydrogens (tertiary/aromatic N) is 4. The van der Waals surface area contributed by atoms with E-state index in [9.17, 15) is 0 Å². The van der Waals surface area contributed by atoms with Gasteiger partial charge in [0.25, 0.3) is 0 Å². The van der Waals surface area contributed by atoms with Gasteiger partial charge in [-0.1, -0.05) is 0 Å². The molecule has 2 aromatic heterocycles. The number of hydrogen-bond acceptors (Lipinski definition) is 3. The van der Waals surface area contributed by atoms with Gasteiger partial charge in [-0.25, -0.2) is 4.98 Å². The molecule has 1 aliphatic carbocycles. The van der Waals surface area contributed by atoms with Gasteiger partial charge in [0, 0.05) is 38.2 Å². The predicted molar refractivity (Wildman–Crippen MR) is 65.9 cm³/mol. The lowest BCUT2D eigenvalue weighted by atomic mass is 10.2. The fourth-order valence-corrected chi connectivity index (χ4v) is 2.02. The summed E-state index contributed by atoms with van der Waals surface area (Å²) in [7, 11) is 1.94. The molecule has 0 aliphatic heterocycles. The third-order valence-corrected chi connectivity index (χ3v) is 3.06. The molecular weight excluding hydrogens is 214 g/mol. The van der Waals surface area contributed by atoms with Crippen molar-refractivity contribution in [3.8, 4) is 0 Å². The standard InChI is InChI=1S/C12H17N5/c1-16-9-10(8-15-16)4-5-13-12-14-6-7-17(12)11-2-3-11/h6-9,11H,2-5H2,1H3,(H,13,14). The highest BCUT2D eigenvalue weighted by atomic mass is 15.2. The Morgan fingerprint density at radius 2 is 2.35 bits per heavy atom. The van der Waals surface area contributed by atoms with Gasteiger partial charge in [0.15, 0.2) is 0 Å². The first-order chi connectivity index (χ1) is 8.33. The molecule has 2 aromatic rings. The van der Waals surface area contributed by atoms with Crippen molar-refractivity contribution >= 4 is 5.95 Å². The van der Waals surface area contributed by atoms with Crippen LogP contribution in [0, 0.1) is 0 Å². The van der Waals surface area contributed by atoms with Gasteiger partial charge in [-0.2, -0.15) is 5.10 Å². The molecule has 0 saturated heterocycles. The second kappa shape index (κ2) is 4.24. The Hall–Kier alpha value is -1.78. The van der Waals surface area contributed by atoms with Crippen molar-refractivity contribution < 1.29 is 0 Å². The summed E-state index contributed by atoms with van der Waals surface area (Å²) in [4.78, 5) is 4.34. The van der Waals surface area contributed by atoms with E-state index in [1.807, 2.05) is 24.1 Å². The van der Waals surface area contributed by atoms with Gasteiger partial charge in [0.2, 0.25) is 5.95 Å². The highest BCUT2D eigenvalue weighted by molar-refractivity contribution is 5.28. The maximum Gasteiger partial charge on any atom is 0.203 e. The van der Waals surface area contributed by atoms with Crippen LogP contribution in [0.1, 0.15) is 24.4 Å². The molecular formula is C12H17N5. The lowest BCUT2D eigenvalue weighted by Crippen LogP contribution is -2.09. The van der Waals surface area contributed by atoms with Crippen LogP contribution in [0.15, 0.2) is 24.8 Å². The van der Waals surface area contributed by atoms with Crippen LogP contribution in [0.3, 0.4) is 0 Å².